The summed E-state index contributed by atoms with van der Waals surface area (Å²) in [5, 5.41) is 0.296. The Morgan fingerprint density at radius 3 is 2.43 bits per heavy atom. The topological polar surface area (TPSA) is 44.5 Å². The molecule has 0 fully saturated rings. The van der Waals surface area contributed by atoms with Gasteiger partial charge in [-0.1, -0.05) is 33.6 Å². The summed E-state index contributed by atoms with van der Waals surface area (Å²) in [6.45, 7) is 1.02. The van der Waals surface area contributed by atoms with Gasteiger partial charge in [-0.15, -0.1) is 0 Å². The Bertz CT molecular complexity index is 696. The molecule has 1 aliphatic rings. The van der Waals surface area contributed by atoms with E-state index in [1.54, 1.807) is 6.07 Å². The molecule has 110 valence electrons. The molecule has 1 unspecified atom stereocenters. The monoisotopic (exact) mass is 371 g/mol. The second kappa shape index (κ2) is 5.83. The van der Waals surface area contributed by atoms with Crippen molar-refractivity contribution in [2.24, 2.45) is 5.73 Å². The van der Waals surface area contributed by atoms with Crippen LogP contribution < -0.4 is 15.2 Å². The second-order valence-corrected chi connectivity index (χ2v) is 5.92. The highest BCUT2D eigenvalue weighted by atomic mass is 79.9. The normalized spacial score (nSPS) is 14.9. The van der Waals surface area contributed by atoms with Crippen molar-refractivity contribution >= 4 is 27.5 Å². The summed E-state index contributed by atoms with van der Waals surface area (Å²) in [5.74, 6) is 0.930. The Balaban J connectivity index is 2.03. The van der Waals surface area contributed by atoms with Gasteiger partial charge in [-0.25, -0.2) is 4.39 Å². The van der Waals surface area contributed by atoms with Crippen LogP contribution in [0, 0.1) is 5.82 Å². The Morgan fingerprint density at radius 1 is 1.10 bits per heavy atom. The van der Waals surface area contributed by atoms with Gasteiger partial charge in [0.1, 0.15) is 19.0 Å². The van der Waals surface area contributed by atoms with Crippen molar-refractivity contribution in [2.75, 3.05) is 13.2 Å². The number of rotatable bonds is 2. The van der Waals surface area contributed by atoms with E-state index in [0.717, 1.165) is 10.0 Å². The largest absolute Gasteiger partial charge is 0.486 e. The van der Waals surface area contributed by atoms with Gasteiger partial charge >= 0.3 is 0 Å². The van der Waals surface area contributed by atoms with Crippen molar-refractivity contribution in [2.45, 2.75) is 6.04 Å². The lowest BCUT2D eigenvalue weighted by atomic mass is 9.99. The number of hydrogen-bond acceptors (Lipinski definition) is 3. The quantitative estimate of drug-likeness (QED) is 0.864. The summed E-state index contributed by atoms with van der Waals surface area (Å²) in [4.78, 5) is 0. The summed E-state index contributed by atoms with van der Waals surface area (Å²) in [6, 6.07) is 7.33. The molecule has 0 bridgehead atoms. The third kappa shape index (κ3) is 2.86. The van der Waals surface area contributed by atoms with Crippen LogP contribution in [0.4, 0.5) is 4.39 Å². The van der Waals surface area contributed by atoms with Crippen molar-refractivity contribution in [3.63, 3.8) is 0 Å². The minimum atomic E-state index is -0.497. The molecular weight excluding hydrogens is 361 g/mol. The van der Waals surface area contributed by atoms with Gasteiger partial charge in [-0.3, -0.25) is 0 Å². The van der Waals surface area contributed by atoms with E-state index in [1.165, 1.54) is 12.1 Å². The molecule has 2 aromatic rings. The number of benzene rings is 2. The molecule has 3 rings (SSSR count). The molecule has 21 heavy (non-hydrogen) atoms. The first kappa shape index (κ1) is 14.6. The first-order valence-electron chi connectivity index (χ1n) is 6.36. The standard InChI is InChI=1S/C15H12BrClFNO2/c16-11-7-14-13(20-3-4-21-14)6-10(11)15(19)9-2-1-8(18)5-12(9)17/h1-2,5-7,15H,3-4,19H2. The Hall–Kier alpha value is -1.30. The molecule has 6 heteroatoms. The van der Waals surface area contributed by atoms with Crippen molar-refractivity contribution in [3.05, 3.63) is 56.8 Å². The molecule has 1 aliphatic heterocycles. The van der Waals surface area contributed by atoms with E-state index in [4.69, 9.17) is 26.8 Å². The average molecular weight is 373 g/mol. The van der Waals surface area contributed by atoms with E-state index >= 15 is 0 Å². The molecule has 2 N–H and O–H groups in total. The van der Waals surface area contributed by atoms with Gasteiger partial charge in [0, 0.05) is 9.50 Å². The van der Waals surface area contributed by atoms with Crippen LogP contribution in [0.25, 0.3) is 0 Å². The van der Waals surface area contributed by atoms with Crippen molar-refractivity contribution in [1.29, 1.82) is 0 Å². The van der Waals surface area contributed by atoms with Crippen molar-refractivity contribution < 1.29 is 13.9 Å². The number of halogens is 3. The summed E-state index contributed by atoms with van der Waals surface area (Å²) in [7, 11) is 0. The van der Waals surface area contributed by atoms with Crippen LogP contribution in [0.3, 0.4) is 0 Å². The molecule has 1 heterocycles. The molecule has 0 aliphatic carbocycles. The number of ether oxygens (including phenoxy) is 2. The number of fused-ring (bicyclic) bond motifs is 1. The lowest BCUT2D eigenvalue weighted by molar-refractivity contribution is 0.171. The fourth-order valence-electron chi connectivity index (χ4n) is 2.24. The summed E-state index contributed by atoms with van der Waals surface area (Å²) < 4.78 is 25.0. The smallest absolute Gasteiger partial charge is 0.162 e. The minimum Gasteiger partial charge on any atom is -0.486 e. The molecule has 0 saturated carbocycles. The van der Waals surface area contributed by atoms with Gasteiger partial charge < -0.3 is 15.2 Å². The highest BCUT2D eigenvalue weighted by molar-refractivity contribution is 9.10. The van der Waals surface area contributed by atoms with Crippen LogP contribution in [-0.4, -0.2) is 13.2 Å². The maximum atomic E-state index is 13.1. The zero-order valence-electron chi connectivity index (χ0n) is 10.9. The molecule has 0 amide bonds. The maximum Gasteiger partial charge on any atom is 0.162 e. The fraction of sp³-hybridized carbons (Fsp3) is 0.200. The van der Waals surface area contributed by atoms with E-state index < -0.39 is 11.9 Å². The van der Waals surface area contributed by atoms with Crippen LogP contribution >= 0.6 is 27.5 Å². The minimum absolute atomic E-state index is 0.296. The SMILES string of the molecule is NC(c1ccc(F)cc1Cl)c1cc2c(cc1Br)OCCO2. The van der Waals surface area contributed by atoms with E-state index in [-0.39, 0.29) is 0 Å². The van der Waals surface area contributed by atoms with Crippen LogP contribution in [0.1, 0.15) is 17.2 Å². The number of hydrogen-bond donors (Lipinski definition) is 1. The second-order valence-electron chi connectivity index (χ2n) is 4.66. The zero-order chi connectivity index (χ0) is 15.0. The van der Waals surface area contributed by atoms with Gasteiger partial charge in [0.25, 0.3) is 0 Å². The molecular formula is C15H12BrClFNO2. The number of nitrogens with two attached hydrogens (primary N) is 1. The molecule has 2 aromatic carbocycles. The molecule has 0 radical (unpaired) electrons. The molecule has 0 spiro atoms. The predicted molar refractivity (Wildman–Crippen MR) is 82.6 cm³/mol. The van der Waals surface area contributed by atoms with E-state index in [9.17, 15) is 4.39 Å². The van der Waals surface area contributed by atoms with Gasteiger partial charge in [0.15, 0.2) is 11.5 Å². The zero-order valence-corrected chi connectivity index (χ0v) is 13.2. The van der Waals surface area contributed by atoms with Gasteiger partial charge in [-0.2, -0.15) is 0 Å². The molecule has 3 nitrogen and oxygen atoms in total. The van der Waals surface area contributed by atoms with Crippen molar-refractivity contribution in [1.82, 2.24) is 0 Å². The highest BCUT2D eigenvalue weighted by Gasteiger charge is 2.21. The highest BCUT2D eigenvalue weighted by Crippen LogP contribution is 2.39. The third-order valence-corrected chi connectivity index (χ3v) is 4.31. The van der Waals surface area contributed by atoms with Crippen LogP contribution in [0.15, 0.2) is 34.8 Å². The van der Waals surface area contributed by atoms with Crippen LogP contribution in [-0.2, 0) is 0 Å². The Morgan fingerprint density at radius 2 is 1.76 bits per heavy atom. The fourth-order valence-corrected chi connectivity index (χ4v) is 3.09. The third-order valence-electron chi connectivity index (χ3n) is 3.29. The summed E-state index contributed by atoms with van der Waals surface area (Å²) in [6.07, 6.45) is 0. The molecule has 0 saturated heterocycles. The lowest BCUT2D eigenvalue weighted by Gasteiger charge is -2.22. The Labute approximate surface area is 134 Å². The van der Waals surface area contributed by atoms with E-state index in [2.05, 4.69) is 15.9 Å². The summed E-state index contributed by atoms with van der Waals surface area (Å²) in [5.41, 5.74) is 7.72. The first-order valence-corrected chi connectivity index (χ1v) is 7.53. The van der Waals surface area contributed by atoms with Crippen molar-refractivity contribution in [3.8, 4) is 11.5 Å². The maximum absolute atomic E-state index is 13.1. The first-order chi connectivity index (χ1) is 10.1. The predicted octanol–water partition coefficient (Wildman–Crippen LogP) is 4.06. The Kier molecular flexibility index (Phi) is 4.06. The average Bonchev–Trinajstić information content (AvgIpc) is 2.46. The molecule has 0 aromatic heterocycles. The van der Waals surface area contributed by atoms with Crippen LogP contribution in [0.2, 0.25) is 5.02 Å². The van der Waals surface area contributed by atoms with Gasteiger partial charge in [0.05, 0.1) is 6.04 Å². The van der Waals surface area contributed by atoms with E-state index in [1.807, 2.05) is 12.1 Å². The van der Waals surface area contributed by atoms with Gasteiger partial charge in [-0.05, 0) is 35.4 Å². The summed E-state index contributed by atoms with van der Waals surface area (Å²) >= 11 is 9.56. The molecule has 1 atom stereocenters. The van der Waals surface area contributed by atoms with Crippen LogP contribution in [0.5, 0.6) is 11.5 Å². The van der Waals surface area contributed by atoms with E-state index in [0.29, 0.717) is 35.3 Å². The lowest BCUT2D eigenvalue weighted by Crippen LogP contribution is -2.18. The van der Waals surface area contributed by atoms with Gasteiger partial charge in [0.2, 0.25) is 0 Å².